The lowest BCUT2D eigenvalue weighted by atomic mass is 10.3. The van der Waals surface area contributed by atoms with Crippen LogP contribution in [-0.2, 0) is 4.79 Å². The Hall–Kier alpha value is -1.34. The van der Waals surface area contributed by atoms with Gasteiger partial charge in [0.05, 0.1) is 6.42 Å². The molecule has 0 aliphatic carbocycles. The smallest absolute Gasteiger partial charge is 0.319 e. The Bertz CT molecular complexity index is 341. The molecule has 0 radical (unpaired) electrons. The highest BCUT2D eigenvalue weighted by atomic mass is 16.4. The molecule has 0 bridgehead atoms. The average Bonchev–Trinajstić information content (AvgIpc) is 2.44. The number of carboxylic acid groups (broad SMARTS) is 1. The third kappa shape index (κ3) is 6.77. The summed E-state index contributed by atoms with van der Waals surface area (Å²) in [5.74, 6) is -0.769. The predicted octanol–water partition coefficient (Wildman–Crippen LogP) is 0.0822. The number of piperazine rings is 1. The van der Waals surface area contributed by atoms with Crippen LogP contribution in [0.3, 0.4) is 0 Å². The average molecular weight is 300 g/mol. The molecule has 1 aliphatic heterocycles. The Morgan fingerprint density at radius 2 is 1.67 bits per heavy atom. The summed E-state index contributed by atoms with van der Waals surface area (Å²) < 4.78 is 0. The minimum absolute atomic E-state index is 0.0756. The van der Waals surface area contributed by atoms with E-state index in [2.05, 4.69) is 9.80 Å². The van der Waals surface area contributed by atoms with Crippen molar-refractivity contribution in [3.8, 4) is 0 Å². The van der Waals surface area contributed by atoms with E-state index in [1.807, 2.05) is 26.0 Å². The summed E-state index contributed by atoms with van der Waals surface area (Å²) in [5.41, 5.74) is 0. The van der Waals surface area contributed by atoms with Crippen LogP contribution in [0.4, 0.5) is 4.79 Å². The number of hydrogen-bond donors (Lipinski definition) is 1. The molecule has 0 aromatic rings. The van der Waals surface area contributed by atoms with E-state index in [1.54, 1.807) is 4.90 Å². The number of aliphatic carboxylic acids is 1. The van der Waals surface area contributed by atoms with Gasteiger partial charge in [-0.15, -0.1) is 0 Å². The lowest BCUT2D eigenvalue weighted by molar-refractivity contribution is -0.137. The molecule has 7 heteroatoms. The molecule has 1 aliphatic rings. The van der Waals surface area contributed by atoms with Gasteiger partial charge in [-0.1, -0.05) is 0 Å². The maximum atomic E-state index is 12.3. The van der Waals surface area contributed by atoms with E-state index in [4.69, 9.17) is 5.11 Å². The second kappa shape index (κ2) is 8.84. The first-order valence-electron chi connectivity index (χ1n) is 7.49. The van der Waals surface area contributed by atoms with Gasteiger partial charge in [0, 0.05) is 46.3 Å². The molecule has 0 saturated carbocycles. The van der Waals surface area contributed by atoms with Crippen LogP contribution in [-0.4, -0.2) is 104 Å². The van der Waals surface area contributed by atoms with E-state index >= 15 is 0 Å². The Labute approximate surface area is 127 Å². The lowest BCUT2D eigenvalue weighted by Gasteiger charge is -2.36. The van der Waals surface area contributed by atoms with Crippen LogP contribution in [0.1, 0.15) is 12.8 Å². The minimum Gasteiger partial charge on any atom is -0.481 e. The molecule has 1 rings (SSSR count). The van der Waals surface area contributed by atoms with Crippen LogP contribution in [0.2, 0.25) is 0 Å². The quantitative estimate of drug-likeness (QED) is 0.721. The Morgan fingerprint density at radius 3 is 2.19 bits per heavy atom. The summed E-state index contributed by atoms with van der Waals surface area (Å²) in [7, 11) is 5.89. The molecule has 1 saturated heterocycles. The first-order valence-corrected chi connectivity index (χ1v) is 7.49. The summed E-state index contributed by atoms with van der Waals surface area (Å²) in [5, 5.41) is 8.68. The van der Waals surface area contributed by atoms with Crippen molar-refractivity contribution in [3.05, 3.63) is 0 Å². The predicted molar refractivity (Wildman–Crippen MR) is 81.5 cm³/mol. The van der Waals surface area contributed by atoms with Crippen molar-refractivity contribution in [2.75, 3.05) is 67.0 Å². The SMILES string of the molecule is CN(C)CCCN(C)C(=O)N1CCN(CCC(=O)O)CC1. The third-order valence-corrected chi connectivity index (χ3v) is 3.71. The van der Waals surface area contributed by atoms with Crippen LogP contribution < -0.4 is 0 Å². The van der Waals surface area contributed by atoms with Crippen LogP contribution >= 0.6 is 0 Å². The minimum atomic E-state index is -0.769. The standard InChI is InChI=1S/C14H28N4O3/c1-15(2)6-4-7-16(3)14(21)18-11-9-17(10-12-18)8-5-13(19)20/h4-12H2,1-3H3,(H,19,20). The highest BCUT2D eigenvalue weighted by Gasteiger charge is 2.23. The van der Waals surface area contributed by atoms with Crippen LogP contribution in [0.5, 0.6) is 0 Å². The van der Waals surface area contributed by atoms with Gasteiger partial charge >= 0.3 is 12.0 Å². The number of carbonyl (C=O) groups excluding carboxylic acids is 1. The van der Waals surface area contributed by atoms with Gasteiger partial charge in [0.25, 0.3) is 0 Å². The van der Waals surface area contributed by atoms with Crippen molar-refractivity contribution in [2.24, 2.45) is 0 Å². The molecular weight excluding hydrogens is 272 g/mol. The van der Waals surface area contributed by atoms with Crippen LogP contribution in [0, 0.1) is 0 Å². The Kier molecular flexibility index (Phi) is 7.45. The summed E-state index contributed by atoms with van der Waals surface area (Å²) in [6, 6.07) is 0.0756. The highest BCUT2D eigenvalue weighted by molar-refractivity contribution is 5.74. The van der Waals surface area contributed by atoms with Gasteiger partial charge in [0.1, 0.15) is 0 Å². The van der Waals surface area contributed by atoms with Crippen LogP contribution in [0.15, 0.2) is 0 Å². The second-order valence-electron chi connectivity index (χ2n) is 5.83. The van der Waals surface area contributed by atoms with Gasteiger partial charge < -0.3 is 19.8 Å². The van der Waals surface area contributed by atoms with Crippen molar-refractivity contribution >= 4 is 12.0 Å². The molecule has 122 valence electrons. The molecule has 0 unspecified atom stereocenters. The summed E-state index contributed by atoms with van der Waals surface area (Å²) in [4.78, 5) is 30.7. The zero-order valence-corrected chi connectivity index (χ0v) is 13.4. The molecular formula is C14H28N4O3. The number of amides is 2. The highest BCUT2D eigenvalue weighted by Crippen LogP contribution is 2.06. The number of carboxylic acids is 1. The van der Waals surface area contributed by atoms with Crippen molar-refractivity contribution in [3.63, 3.8) is 0 Å². The van der Waals surface area contributed by atoms with Gasteiger partial charge in [-0.2, -0.15) is 0 Å². The lowest BCUT2D eigenvalue weighted by Crippen LogP contribution is -2.52. The van der Waals surface area contributed by atoms with E-state index in [1.165, 1.54) is 0 Å². The second-order valence-corrected chi connectivity index (χ2v) is 5.83. The van der Waals surface area contributed by atoms with E-state index < -0.39 is 5.97 Å². The summed E-state index contributed by atoms with van der Waals surface area (Å²) >= 11 is 0. The van der Waals surface area contributed by atoms with Gasteiger partial charge in [0.2, 0.25) is 0 Å². The fourth-order valence-electron chi connectivity index (χ4n) is 2.38. The summed E-state index contributed by atoms with van der Waals surface area (Å²) in [6.45, 7) is 5.16. The number of rotatable bonds is 7. The Morgan fingerprint density at radius 1 is 1.05 bits per heavy atom. The van der Waals surface area contributed by atoms with Crippen molar-refractivity contribution < 1.29 is 14.7 Å². The topological polar surface area (TPSA) is 67.3 Å². The molecule has 1 fully saturated rings. The van der Waals surface area contributed by atoms with E-state index in [-0.39, 0.29) is 12.5 Å². The van der Waals surface area contributed by atoms with Crippen molar-refractivity contribution in [2.45, 2.75) is 12.8 Å². The number of nitrogens with zero attached hydrogens (tertiary/aromatic N) is 4. The van der Waals surface area contributed by atoms with E-state index in [0.717, 1.165) is 32.6 Å². The number of hydrogen-bond acceptors (Lipinski definition) is 4. The maximum absolute atomic E-state index is 12.3. The molecule has 0 aromatic carbocycles. The number of urea groups is 1. The molecule has 0 spiro atoms. The van der Waals surface area contributed by atoms with Gasteiger partial charge in [0.15, 0.2) is 0 Å². The molecule has 7 nitrogen and oxygen atoms in total. The van der Waals surface area contributed by atoms with Crippen LogP contribution in [0.25, 0.3) is 0 Å². The first-order chi connectivity index (χ1) is 9.90. The van der Waals surface area contributed by atoms with Crippen molar-refractivity contribution in [1.29, 1.82) is 0 Å². The molecule has 1 heterocycles. The molecule has 0 aromatic heterocycles. The zero-order chi connectivity index (χ0) is 15.8. The molecule has 1 N–H and O–H groups in total. The molecule has 2 amide bonds. The fraction of sp³-hybridized carbons (Fsp3) is 0.857. The zero-order valence-electron chi connectivity index (χ0n) is 13.4. The largest absolute Gasteiger partial charge is 0.481 e. The van der Waals surface area contributed by atoms with Crippen molar-refractivity contribution in [1.82, 2.24) is 19.6 Å². The normalized spacial score (nSPS) is 16.3. The van der Waals surface area contributed by atoms with E-state index in [0.29, 0.717) is 19.6 Å². The monoisotopic (exact) mass is 300 g/mol. The maximum Gasteiger partial charge on any atom is 0.319 e. The summed E-state index contributed by atoms with van der Waals surface area (Å²) in [6.07, 6.45) is 1.13. The fourth-order valence-corrected chi connectivity index (χ4v) is 2.38. The van der Waals surface area contributed by atoms with E-state index in [9.17, 15) is 9.59 Å². The third-order valence-electron chi connectivity index (χ3n) is 3.71. The Balaban J connectivity index is 2.26. The first kappa shape index (κ1) is 17.7. The molecule has 0 atom stereocenters. The molecule has 21 heavy (non-hydrogen) atoms. The van der Waals surface area contributed by atoms with Gasteiger partial charge in [-0.25, -0.2) is 4.79 Å². The van der Waals surface area contributed by atoms with Gasteiger partial charge in [-0.3, -0.25) is 9.69 Å². The van der Waals surface area contributed by atoms with Gasteiger partial charge in [-0.05, 0) is 27.1 Å². The number of carbonyl (C=O) groups is 2.